The molecule has 1 aromatic heterocycles. The van der Waals surface area contributed by atoms with Gasteiger partial charge in [-0.2, -0.15) is 4.98 Å². The molecule has 29 heavy (non-hydrogen) atoms. The normalized spacial score (nSPS) is 30.6. The van der Waals surface area contributed by atoms with Gasteiger partial charge in [0.2, 0.25) is 12.2 Å². The van der Waals surface area contributed by atoms with Crippen LogP contribution in [0.2, 0.25) is 0 Å². The van der Waals surface area contributed by atoms with Crippen LogP contribution < -0.4 is 5.32 Å². The quantitative estimate of drug-likeness (QED) is 0.761. The standard InChI is InChI=1S/C19H21FN4O3S2/c1-18(2)17(21)23-19(3,9-29(18,25)26)15-13(20)8-14(28-15)11-5-4-6-12(7-11)16-22-10-27-24-16/h4-8,10,13,15H,9H2,1-3H3,(H2,21,23)/t13?,15?,19-/m0/s1. The van der Waals surface area contributed by atoms with Gasteiger partial charge in [0.25, 0.3) is 0 Å². The maximum atomic E-state index is 15.1. The molecular weight excluding hydrogens is 415 g/mol. The number of thioether (sulfide) groups is 1. The minimum Gasteiger partial charge on any atom is -0.365 e. The third-order valence-electron chi connectivity index (χ3n) is 5.53. The van der Waals surface area contributed by atoms with Crippen molar-refractivity contribution in [1.29, 1.82) is 5.41 Å². The highest BCUT2D eigenvalue weighted by molar-refractivity contribution is 8.09. The summed E-state index contributed by atoms with van der Waals surface area (Å²) in [4.78, 5) is 4.74. The highest BCUT2D eigenvalue weighted by Crippen LogP contribution is 2.47. The lowest BCUT2D eigenvalue weighted by Crippen LogP contribution is -2.69. The number of hydrogen-bond donors (Lipinski definition) is 2. The number of allylic oxidation sites excluding steroid dienone is 1. The van der Waals surface area contributed by atoms with Crippen LogP contribution in [-0.4, -0.2) is 51.9 Å². The van der Waals surface area contributed by atoms with Crippen LogP contribution in [0.4, 0.5) is 4.39 Å². The van der Waals surface area contributed by atoms with Crippen molar-refractivity contribution in [2.45, 2.75) is 42.5 Å². The van der Waals surface area contributed by atoms with E-state index in [1.54, 1.807) is 6.92 Å². The van der Waals surface area contributed by atoms with Gasteiger partial charge in [0.15, 0.2) is 9.84 Å². The van der Waals surface area contributed by atoms with E-state index in [0.29, 0.717) is 10.7 Å². The molecule has 2 aliphatic rings. The number of rotatable bonds is 3. The second-order valence-electron chi connectivity index (χ2n) is 8.04. The molecule has 2 N–H and O–H groups in total. The summed E-state index contributed by atoms with van der Waals surface area (Å²) in [6, 6.07) is 7.36. The molecule has 2 aliphatic heterocycles. The van der Waals surface area contributed by atoms with E-state index in [1.807, 2.05) is 24.3 Å². The lowest BCUT2D eigenvalue weighted by molar-refractivity contribution is 0.304. The Morgan fingerprint density at radius 2 is 2.03 bits per heavy atom. The van der Waals surface area contributed by atoms with Crippen LogP contribution >= 0.6 is 11.8 Å². The van der Waals surface area contributed by atoms with Crippen molar-refractivity contribution in [3.05, 3.63) is 42.3 Å². The number of sulfone groups is 1. The number of halogens is 1. The number of benzene rings is 1. The summed E-state index contributed by atoms with van der Waals surface area (Å²) in [6.07, 6.45) is 1.39. The molecule has 0 radical (unpaired) electrons. The van der Waals surface area contributed by atoms with E-state index < -0.39 is 31.5 Å². The van der Waals surface area contributed by atoms with Crippen LogP contribution in [0, 0.1) is 5.41 Å². The van der Waals surface area contributed by atoms with E-state index in [9.17, 15) is 8.42 Å². The van der Waals surface area contributed by atoms with Crippen molar-refractivity contribution in [3.63, 3.8) is 0 Å². The zero-order valence-electron chi connectivity index (χ0n) is 16.1. The van der Waals surface area contributed by atoms with Crippen LogP contribution in [0.3, 0.4) is 0 Å². The summed E-state index contributed by atoms with van der Waals surface area (Å²) >= 11 is 1.28. The Bertz CT molecular complexity index is 1100. The summed E-state index contributed by atoms with van der Waals surface area (Å²) in [6.45, 7) is 4.67. The topological polar surface area (TPSA) is 109 Å². The van der Waals surface area contributed by atoms with Gasteiger partial charge in [0.05, 0.1) is 16.5 Å². The first kappa shape index (κ1) is 20.1. The molecule has 154 valence electrons. The fourth-order valence-corrected chi connectivity index (χ4v) is 6.81. The van der Waals surface area contributed by atoms with E-state index in [4.69, 9.17) is 9.93 Å². The average molecular weight is 437 g/mol. The van der Waals surface area contributed by atoms with Crippen LogP contribution in [0.5, 0.6) is 0 Å². The van der Waals surface area contributed by atoms with Gasteiger partial charge in [-0.3, -0.25) is 5.41 Å². The summed E-state index contributed by atoms with van der Waals surface area (Å²) < 4.78 is 44.1. The molecule has 10 heteroatoms. The number of aromatic nitrogens is 2. The number of nitrogens with one attached hydrogen (secondary N) is 2. The van der Waals surface area contributed by atoms with E-state index in [2.05, 4.69) is 15.5 Å². The van der Waals surface area contributed by atoms with E-state index in [1.165, 1.54) is 38.1 Å². The Morgan fingerprint density at radius 3 is 2.69 bits per heavy atom. The summed E-state index contributed by atoms with van der Waals surface area (Å²) in [7, 11) is -3.61. The van der Waals surface area contributed by atoms with E-state index >= 15 is 4.39 Å². The zero-order chi connectivity index (χ0) is 21.0. The molecule has 2 unspecified atom stereocenters. The van der Waals surface area contributed by atoms with Gasteiger partial charge in [0.1, 0.15) is 16.8 Å². The van der Waals surface area contributed by atoms with E-state index in [-0.39, 0.29) is 11.6 Å². The monoisotopic (exact) mass is 436 g/mol. The molecular formula is C19H21FN4O3S2. The Balaban J connectivity index is 1.61. The molecule has 3 heterocycles. The number of hydrogen-bond acceptors (Lipinski definition) is 7. The lowest BCUT2D eigenvalue weighted by atomic mass is 9.94. The Kier molecular flexibility index (Phi) is 4.62. The predicted molar refractivity (Wildman–Crippen MR) is 111 cm³/mol. The summed E-state index contributed by atoms with van der Waals surface area (Å²) in [5.41, 5.74) is 0.434. The van der Waals surface area contributed by atoms with Gasteiger partial charge in [-0.25, -0.2) is 12.8 Å². The van der Waals surface area contributed by atoms with Gasteiger partial charge >= 0.3 is 0 Å². The first-order valence-corrected chi connectivity index (χ1v) is 11.6. The molecule has 4 rings (SSSR count). The van der Waals surface area contributed by atoms with Crippen molar-refractivity contribution in [1.82, 2.24) is 15.5 Å². The summed E-state index contributed by atoms with van der Waals surface area (Å²) in [5, 5.41) is 14.3. The number of alkyl halides is 1. The lowest BCUT2D eigenvalue weighted by Gasteiger charge is -2.46. The first-order chi connectivity index (χ1) is 13.5. The molecule has 1 saturated heterocycles. The van der Waals surface area contributed by atoms with Crippen molar-refractivity contribution in [2.75, 3.05) is 5.75 Å². The number of amidine groups is 1. The molecule has 0 bridgehead atoms. The van der Waals surface area contributed by atoms with Crippen molar-refractivity contribution >= 4 is 32.3 Å². The van der Waals surface area contributed by atoms with Crippen molar-refractivity contribution in [2.24, 2.45) is 0 Å². The molecule has 0 saturated carbocycles. The highest BCUT2D eigenvalue weighted by Gasteiger charge is 2.55. The molecule has 3 atom stereocenters. The fourth-order valence-electron chi connectivity index (χ4n) is 3.58. The molecule has 1 aromatic carbocycles. The Labute approximate surface area is 172 Å². The largest absolute Gasteiger partial charge is 0.365 e. The summed E-state index contributed by atoms with van der Waals surface area (Å²) in [5.74, 6) is 0.0930. The van der Waals surface area contributed by atoms with Crippen LogP contribution in [0.1, 0.15) is 26.3 Å². The first-order valence-electron chi connectivity index (χ1n) is 9.03. The van der Waals surface area contributed by atoms with Gasteiger partial charge in [-0.15, -0.1) is 11.8 Å². The third-order valence-corrected chi connectivity index (χ3v) is 9.93. The number of nitrogens with zero attached hydrogens (tertiary/aromatic N) is 2. The average Bonchev–Trinajstić information content (AvgIpc) is 3.30. The smallest absolute Gasteiger partial charge is 0.214 e. The van der Waals surface area contributed by atoms with Gasteiger partial charge in [-0.1, -0.05) is 23.4 Å². The van der Waals surface area contributed by atoms with Crippen LogP contribution in [0.15, 0.2) is 41.3 Å². The molecule has 0 aliphatic carbocycles. The van der Waals surface area contributed by atoms with Crippen LogP contribution in [0.25, 0.3) is 16.3 Å². The Morgan fingerprint density at radius 1 is 1.31 bits per heavy atom. The second kappa shape index (κ2) is 6.66. The molecule has 1 fully saturated rings. The fraction of sp³-hybridized carbons (Fsp3) is 0.421. The van der Waals surface area contributed by atoms with Gasteiger partial charge in [0, 0.05) is 10.5 Å². The maximum Gasteiger partial charge on any atom is 0.214 e. The predicted octanol–water partition coefficient (Wildman–Crippen LogP) is 3.06. The zero-order valence-corrected chi connectivity index (χ0v) is 17.8. The van der Waals surface area contributed by atoms with Gasteiger partial charge in [-0.05, 0) is 38.5 Å². The SMILES string of the molecule is CC1(C)C(=N)N[C@](C)(C2SC(c3cccc(-c4ncon4)c3)=CC2F)CS1(=O)=O. The van der Waals surface area contributed by atoms with Crippen LogP contribution in [-0.2, 0) is 9.84 Å². The van der Waals surface area contributed by atoms with Crippen molar-refractivity contribution in [3.8, 4) is 11.4 Å². The molecule has 7 nitrogen and oxygen atoms in total. The van der Waals surface area contributed by atoms with Gasteiger partial charge < -0.3 is 9.84 Å². The molecule has 2 aromatic rings. The third kappa shape index (κ3) is 3.28. The highest BCUT2D eigenvalue weighted by atomic mass is 32.2. The minimum absolute atomic E-state index is 0.105. The van der Waals surface area contributed by atoms with Crippen molar-refractivity contribution < 1.29 is 17.3 Å². The Hall–Kier alpha value is -2.20. The minimum atomic E-state index is -3.61. The second-order valence-corrected chi connectivity index (χ2v) is 11.8. The molecule has 0 spiro atoms. The maximum absolute atomic E-state index is 15.1. The molecule has 0 amide bonds. The van der Waals surface area contributed by atoms with E-state index in [0.717, 1.165) is 11.1 Å².